The lowest BCUT2D eigenvalue weighted by Crippen LogP contribution is -1.96. The van der Waals surface area contributed by atoms with E-state index in [4.69, 9.17) is 4.42 Å². The van der Waals surface area contributed by atoms with Crippen molar-refractivity contribution < 1.29 is 4.42 Å². The minimum absolute atomic E-state index is 0.881. The zero-order chi connectivity index (χ0) is 32.8. The molecule has 0 fully saturated rings. The van der Waals surface area contributed by atoms with E-state index in [0.29, 0.717) is 0 Å². The van der Waals surface area contributed by atoms with Gasteiger partial charge in [-0.2, -0.15) is 0 Å². The van der Waals surface area contributed by atoms with Crippen LogP contribution in [-0.2, 0) is 0 Å². The van der Waals surface area contributed by atoms with Gasteiger partial charge in [-0.15, -0.1) is 0 Å². The van der Waals surface area contributed by atoms with Gasteiger partial charge in [-0.1, -0.05) is 146 Å². The summed E-state index contributed by atoms with van der Waals surface area (Å²) in [4.78, 5) is 0. The molecule has 0 spiro atoms. The third kappa shape index (κ3) is 3.79. The normalized spacial score (nSPS) is 12.0. The van der Waals surface area contributed by atoms with Crippen LogP contribution in [0.2, 0.25) is 0 Å². The molecule has 0 saturated heterocycles. The van der Waals surface area contributed by atoms with Crippen molar-refractivity contribution in [3.8, 4) is 27.9 Å². The molecule has 2 aromatic heterocycles. The molecule has 0 amide bonds. The van der Waals surface area contributed by atoms with E-state index in [-0.39, 0.29) is 0 Å². The molecule has 0 unspecified atom stereocenters. The summed E-state index contributed by atoms with van der Waals surface area (Å²) in [5.41, 5.74) is 10.1. The average molecular weight is 636 g/mol. The fourth-order valence-electron chi connectivity index (χ4n) is 8.52. The number of furan rings is 1. The number of benzene rings is 9. The summed E-state index contributed by atoms with van der Waals surface area (Å²) in [6.45, 7) is 0. The predicted octanol–water partition coefficient (Wildman–Crippen LogP) is 13.5. The van der Waals surface area contributed by atoms with E-state index in [9.17, 15) is 0 Å². The van der Waals surface area contributed by atoms with Crippen LogP contribution in [0.4, 0.5) is 0 Å². The first-order valence-corrected chi connectivity index (χ1v) is 17.2. The summed E-state index contributed by atoms with van der Waals surface area (Å²) >= 11 is 0. The van der Waals surface area contributed by atoms with Gasteiger partial charge in [-0.25, -0.2) is 0 Å². The van der Waals surface area contributed by atoms with Crippen molar-refractivity contribution in [1.82, 2.24) is 4.57 Å². The van der Waals surface area contributed by atoms with Gasteiger partial charge in [0.25, 0.3) is 0 Å². The highest BCUT2D eigenvalue weighted by molar-refractivity contribution is 6.27. The lowest BCUT2D eigenvalue weighted by atomic mass is 9.84. The highest BCUT2D eigenvalue weighted by Crippen LogP contribution is 2.49. The van der Waals surface area contributed by atoms with Crippen LogP contribution in [0.5, 0.6) is 0 Å². The van der Waals surface area contributed by atoms with Crippen LogP contribution in [-0.4, -0.2) is 4.57 Å². The Hall–Kier alpha value is -6.64. The number of hydrogen-bond acceptors (Lipinski definition) is 1. The van der Waals surface area contributed by atoms with Crippen LogP contribution in [0.1, 0.15) is 0 Å². The van der Waals surface area contributed by atoms with E-state index in [1.54, 1.807) is 0 Å². The molecular formula is C48H29NO. The van der Waals surface area contributed by atoms with Crippen molar-refractivity contribution in [2.45, 2.75) is 0 Å². The van der Waals surface area contributed by atoms with Crippen molar-refractivity contribution in [1.29, 1.82) is 0 Å². The number of aromatic nitrogens is 1. The van der Waals surface area contributed by atoms with Gasteiger partial charge >= 0.3 is 0 Å². The summed E-state index contributed by atoms with van der Waals surface area (Å²) < 4.78 is 9.13. The Labute approximate surface area is 288 Å². The van der Waals surface area contributed by atoms with Crippen molar-refractivity contribution in [3.05, 3.63) is 176 Å². The van der Waals surface area contributed by atoms with Crippen LogP contribution >= 0.6 is 0 Å². The maximum atomic E-state index is 6.73. The molecule has 0 aliphatic carbocycles. The fourth-order valence-corrected chi connectivity index (χ4v) is 8.52. The van der Waals surface area contributed by atoms with E-state index in [0.717, 1.165) is 27.6 Å². The van der Waals surface area contributed by atoms with E-state index in [2.05, 4.69) is 180 Å². The van der Waals surface area contributed by atoms with Gasteiger partial charge in [-0.05, 0) is 78.8 Å². The molecule has 2 heteroatoms. The van der Waals surface area contributed by atoms with Gasteiger partial charge in [0, 0.05) is 27.6 Å². The number of fused-ring (bicyclic) bond motifs is 9. The summed E-state index contributed by atoms with van der Waals surface area (Å²) in [6.07, 6.45) is 0. The van der Waals surface area contributed by atoms with E-state index in [1.807, 2.05) is 0 Å². The Kier molecular flexibility index (Phi) is 5.70. The first-order valence-electron chi connectivity index (χ1n) is 17.2. The number of hydrogen-bond donors (Lipinski definition) is 0. The van der Waals surface area contributed by atoms with Crippen LogP contribution in [0.25, 0.3) is 104 Å². The molecule has 2 nitrogen and oxygen atoms in total. The molecular weight excluding hydrogens is 607 g/mol. The zero-order valence-electron chi connectivity index (χ0n) is 27.1. The molecule has 0 bridgehead atoms. The second-order valence-corrected chi connectivity index (χ2v) is 13.2. The molecule has 9 aromatic carbocycles. The summed E-state index contributed by atoms with van der Waals surface area (Å²) in [5, 5.41) is 12.2. The standard InChI is InChI=1S/C48H29NO/c1-2-16-32-30(14-1)15-13-24-35(32)46-36-19-3-5-21-38(36)47(39-22-6-4-20-37(39)46)41-28-31(29-45-48(41)40-23-9-12-27-44(40)50-45)49-42-25-10-7-17-33(42)34-18-8-11-26-43(34)49/h1-29H. The monoisotopic (exact) mass is 635 g/mol. The molecule has 50 heavy (non-hydrogen) atoms. The molecule has 11 rings (SSSR count). The summed E-state index contributed by atoms with van der Waals surface area (Å²) in [5.74, 6) is 0. The minimum Gasteiger partial charge on any atom is -0.456 e. The summed E-state index contributed by atoms with van der Waals surface area (Å²) in [6, 6.07) is 63.8. The topological polar surface area (TPSA) is 18.1 Å². The van der Waals surface area contributed by atoms with E-state index in [1.165, 1.54) is 76.4 Å². The van der Waals surface area contributed by atoms with Crippen molar-refractivity contribution >= 4 is 76.1 Å². The zero-order valence-corrected chi connectivity index (χ0v) is 27.1. The lowest BCUT2D eigenvalue weighted by molar-refractivity contribution is 0.668. The quantitative estimate of drug-likeness (QED) is 0.177. The molecule has 0 atom stereocenters. The van der Waals surface area contributed by atoms with Crippen molar-refractivity contribution in [3.63, 3.8) is 0 Å². The molecule has 0 N–H and O–H groups in total. The van der Waals surface area contributed by atoms with Gasteiger partial charge in [0.2, 0.25) is 0 Å². The molecule has 232 valence electrons. The first-order chi connectivity index (χ1) is 24.8. The molecule has 11 aromatic rings. The Morgan fingerprint density at radius 2 is 0.820 bits per heavy atom. The first kappa shape index (κ1) is 27.3. The third-order valence-corrected chi connectivity index (χ3v) is 10.6. The van der Waals surface area contributed by atoms with Crippen LogP contribution in [0.15, 0.2) is 180 Å². The Morgan fingerprint density at radius 3 is 1.46 bits per heavy atom. The van der Waals surface area contributed by atoms with Crippen molar-refractivity contribution in [2.24, 2.45) is 0 Å². The second kappa shape index (κ2) is 10.4. The molecule has 0 saturated carbocycles. The lowest BCUT2D eigenvalue weighted by Gasteiger charge is -2.20. The van der Waals surface area contributed by atoms with Crippen LogP contribution in [0, 0.1) is 0 Å². The van der Waals surface area contributed by atoms with Crippen molar-refractivity contribution in [2.75, 3.05) is 0 Å². The molecule has 0 radical (unpaired) electrons. The number of nitrogens with zero attached hydrogens (tertiary/aromatic N) is 1. The highest BCUT2D eigenvalue weighted by atomic mass is 16.3. The molecule has 0 aliphatic rings. The van der Waals surface area contributed by atoms with Crippen LogP contribution < -0.4 is 0 Å². The van der Waals surface area contributed by atoms with Gasteiger partial charge in [0.15, 0.2) is 0 Å². The number of para-hydroxylation sites is 3. The third-order valence-electron chi connectivity index (χ3n) is 10.6. The molecule has 0 aliphatic heterocycles. The van der Waals surface area contributed by atoms with Gasteiger partial charge < -0.3 is 8.98 Å². The molecule has 2 heterocycles. The SMILES string of the molecule is c1ccc2c(-c3c4ccccc4c(-c4cc(-n5c6ccccc6c6ccccc65)cc5oc6ccccc6c45)c4ccccc34)cccc2c1. The maximum absolute atomic E-state index is 6.73. The summed E-state index contributed by atoms with van der Waals surface area (Å²) in [7, 11) is 0. The smallest absolute Gasteiger partial charge is 0.138 e. The maximum Gasteiger partial charge on any atom is 0.138 e. The van der Waals surface area contributed by atoms with Gasteiger partial charge in [-0.3, -0.25) is 0 Å². The van der Waals surface area contributed by atoms with Gasteiger partial charge in [0.05, 0.1) is 16.7 Å². The highest BCUT2D eigenvalue weighted by Gasteiger charge is 2.23. The van der Waals surface area contributed by atoms with E-state index < -0.39 is 0 Å². The Bertz CT molecular complexity index is 3040. The second-order valence-electron chi connectivity index (χ2n) is 13.2. The van der Waals surface area contributed by atoms with Crippen LogP contribution in [0.3, 0.4) is 0 Å². The Balaban J connectivity index is 1.33. The van der Waals surface area contributed by atoms with Gasteiger partial charge in [0.1, 0.15) is 11.2 Å². The fraction of sp³-hybridized carbons (Fsp3) is 0. The Morgan fingerprint density at radius 1 is 0.340 bits per heavy atom. The average Bonchev–Trinajstić information content (AvgIpc) is 3.72. The number of rotatable bonds is 3. The predicted molar refractivity (Wildman–Crippen MR) is 211 cm³/mol. The minimum atomic E-state index is 0.881. The largest absolute Gasteiger partial charge is 0.456 e. The van der Waals surface area contributed by atoms with E-state index >= 15 is 0 Å².